The van der Waals surface area contributed by atoms with Crippen LogP contribution in [0.1, 0.15) is 28.8 Å². The number of hydrogen-bond donors (Lipinski definition) is 1. The Kier molecular flexibility index (Phi) is 3.43. The molecule has 2 N–H and O–H groups in total. The molecule has 1 fully saturated rings. The van der Waals surface area contributed by atoms with Crippen molar-refractivity contribution < 1.29 is 9.18 Å². The lowest BCUT2D eigenvalue weighted by Crippen LogP contribution is -2.45. The molecule has 0 aromatic heterocycles. The lowest BCUT2D eigenvalue weighted by atomic mass is 10.0. The van der Waals surface area contributed by atoms with Gasteiger partial charge in [0.2, 0.25) is 0 Å². The van der Waals surface area contributed by atoms with Crippen LogP contribution in [0.5, 0.6) is 0 Å². The highest BCUT2D eigenvalue weighted by atomic mass is 19.1. The van der Waals surface area contributed by atoms with Crippen LogP contribution < -0.4 is 5.73 Å². The highest BCUT2D eigenvalue weighted by Crippen LogP contribution is 2.15. The van der Waals surface area contributed by atoms with E-state index in [0.717, 1.165) is 12.8 Å². The molecule has 4 heteroatoms. The van der Waals surface area contributed by atoms with Crippen LogP contribution in [0.3, 0.4) is 0 Å². The van der Waals surface area contributed by atoms with Crippen LogP contribution in [0.15, 0.2) is 18.2 Å². The van der Waals surface area contributed by atoms with Crippen LogP contribution in [-0.2, 0) is 0 Å². The van der Waals surface area contributed by atoms with Gasteiger partial charge in [-0.25, -0.2) is 4.39 Å². The maximum atomic E-state index is 13.4. The van der Waals surface area contributed by atoms with Crippen molar-refractivity contribution in [3.05, 3.63) is 35.1 Å². The molecule has 92 valence electrons. The molecule has 0 radical (unpaired) electrons. The van der Waals surface area contributed by atoms with Crippen molar-refractivity contribution in [2.24, 2.45) is 5.73 Å². The van der Waals surface area contributed by atoms with Gasteiger partial charge in [-0.15, -0.1) is 0 Å². The maximum Gasteiger partial charge on any atom is 0.254 e. The summed E-state index contributed by atoms with van der Waals surface area (Å²) in [6.45, 7) is 2.96. The van der Waals surface area contributed by atoms with Crippen LogP contribution in [0, 0.1) is 12.7 Å². The first-order valence-electron chi connectivity index (χ1n) is 5.89. The monoisotopic (exact) mass is 236 g/mol. The number of amides is 1. The summed E-state index contributed by atoms with van der Waals surface area (Å²) in [6, 6.07) is 4.65. The summed E-state index contributed by atoms with van der Waals surface area (Å²) in [7, 11) is 0. The van der Waals surface area contributed by atoms with Crippen molar-refractivity contribution in [1.29, 1.82) is 0 Å². The molecule has 0 bridgehead atoms. The number of likely N-dealkylation sites (tertiary alicyclic amines) is 1. The quantitative estimate of drug-likeness (QED) is 0.806. The van der Waals surface area contributed by atoms with E-state index in [0.29, 0.717) is 24.2 Å². The first kappa shape index (κ1) is 12.0. The summed E-state index contributed by atoms with van der Waals surface area (Å²) < 4.78 is 13.4. The van der Waals surface area contributed by atoms with Gasteiger partial charge in [-0.05, 0) is 37.5 Å². The Morgan fingerprint density at radius 3 is 2.94 bits per heavy atom. The minimum Gasteiger partial charge on any atom is -0.337 e. The zero-order valence-electron chi connectivity index (χ0n) is 9.95. The van der Waals surface area contributed by atoms with Gasteiger partial charge in [-0.2, -0.15) is 0 Å². The fourth-order valence-corrected chi connectivity index (χ4v) is 2.10. The molecule has 1 saturated heterocycles. The number of nitrogens with two attached hydrogens (primary N) is 1. The highest BCUT2D eigenvalue weighted by molar-refractivity contribution is 5.94. The van der Waals surface area contributed by atoms with E-state index in [9.17, 15) is 9.18 Å². The average molecular weight is 236 g/mol. The Bertz CT molecular complexity index is 433. The average Bonchev–Trinajstić information content (AvgIpc) is 2.32. The lowest BCUT2D eigenvalue weighted by Gasteiger charge is -2.30. The van der Waals surface area contributed by atoms with Crippen molar-refractivity contribution in [2.75, 3.05) is 13.1 Å². The minimum absolute atomic E-state index is 0.0444. The number of carbonyl (C=O) groups excluding carboxylic acids is 1. The lowest BCUT2D eigenvalue weighted by molar-refractivity contribution is 0.0708. The van der Waals surface area contributed by atoms with Gasteiger partial charge in [0.1, 0.15) is 5.82 Å². The Labute approximate surface area is 100 Å². The molecule has 1 aliphatic rings. The van der Waals surface area contributed by atoms with E-state index in [1.807, 2.05) is 0 Å². The summed E-state index contributed by atoms with van der Waals surface area (Å²) in [5.41, 5.74) is 6.78. The van der Waals surface area contributed by atoms with E-state index in [4.69, 9.17) is 5.73 Å². The van der Waals surface area contributed by atoms with Gasteiger partial charge in [0, 0.05) is 24.7 Å². The van der Waals surface area contributed by atoms with Gasteiger partial charge >= 0.3 is 0 Å². The van der Waals surface area contributed by atoms with E-state index < -0.39 is 0 Å². The number of halogens is 1. The molecule has 3 nitrogen and oxygen atoms in total. The molecule has 0 saturated carbocycles. The van der Waals surface area contributed by atoms with Gasteiger partial charge < -0.3 is 10.6 Å². The van der Waals surface area contributed by atoms with Crippen molar-refractivity contribution >= 4 is 5.91 Å². The van der Waals surface area contributed by atoms with Crippen LogP contribution in [0.2, 0.25) is 0 Å². The van der Waals surface area contributed by atoms with Crippen molar-refractivity contribution in [3.63, 3.8) is 0 Å². The fourth-order valence-electron chi connectivity index (χ4n) is 2.10. The summed E-state index contributed by atoms with van der Waals surface area (Å²) in [5.74, 6) is -0.462. The Balaban J connectivity index is 2.15. The van der Waals surface area contributed by atoms with E-state index in [1.54, 1.807) is 24.0 Å². The number of hydrogen-bond acceptors (Lipinski definition) is 2. The zero-order chi connectivity index (χ0) is 12.4. The third-order valence-electron chi connectivity index (χ3n) is 3.16. The maximum absolute atomic E-state index is 13.4. The molecule has 0 spiro atoms. The smallest absolute Gasteiger partial charge is 0.254 e. The Morgan fingerprint density at radius 1 is 1.53 bits per heavy atom. The molecule has 1 aromatic carbocycles. The summed E-state index contributed by atoms with van der Waals surface area (Å²) in [5, 5.41) is 0. The second-order valence-electron chi connectivity index (χ2n) is 4.62. The Morgan fingerprint density at radius 2 is 2.29 bits per heavy atom. The zero-order valence-corrected chi connectivity index (χ0v) is 9.95. The van der Waals surface area contributed by atoms with E-state index in [1.165, 1.54) is 6.07 Å². The van der Waals surface area contributed by atoms with Crippen LogP contribution in [0.4, 0.5) is 4.39 Å². The molecule has 2 rings (SSSR count). The van der Waals surface area contributed by atoms with E-state index >= 15 is 0 Å². The van der Waals surface area contributed by atoms with Crippen molar-refractivity contribution in [3.8, 4) is 0 Å². The summed E-state index contributed by atoms with van der Waals surface area (Å²) >= 11 is 0. The topological polar surface area (TPSA) is 46.3 Å². The standard InChI is InChI=1S/C13H17FN2O/c1-9-4-5-10(7-12(9)14)13(17)16-6-2-3-11(15)8-16/h4-5,7,11H,2-3,6,8,15H2,1H3/t11-/m0/s1. The molecule has 1 heterocycles. The third-order valence-corrected chi connectivity index (χ3v) is 3.16. The first-order chi connectivity index (χ1) is 8.08. The van der Waals surface area contributed by atoms with Gasteiger partial charge in [0.05, 0.1) is 0 Å². The van der Waals surface area contributed by atoms with Crippen LogP contribution >= 0.6 is 0 Å². The Hall–Kier alpha value is -1.42. The number of piperidine rings is 1. The number of carbonyl (C=O) groups is 1. The molecule has 1 amide bonds. The number of nitrogens with zero attached hydrogens (tertiary/aromatic N) is 1. The molecule has 1 aromatic rings. The molecule has 17 heavy (non-hydrogen) atoms. The predicted octanol–water partition coefficient (Wildman–Crippen LogP) is 1.70. The van der Waals surface area contributed by atoms with Crippen LogP contribution in [-0.4, -0.2) is 29.9 Å². The molecular weight excluding hydrogens is 219 g/mol. The summed E-state index contributed by atoms with van der Waals surface area (Å²) in [6.07, 6.45) is 1.87. The van der Waals surface area contributed by atoms with Crippen LogP contribution in [0.25, 0.3) is 0 Å². The molecule has 0 aliphatic carbocycles. The van der Waals surface area contributed by atoms with Crippen molar-refractivity contribution in [1.82, 2.24) is 4.90 Å². The second kappa shape index (κ2) is 4.84. The van der Waals surface area contributed by atoms with Gasteiger partial charge in [-0.1, -0.05) is 6.07 Å². The molecule has 1 atom stereocenters. The second-order valence-corrected chi connectivity index (χ2v) is 4.62. The molecule has 1 aliphatic heterocycles. The largest absolute Gasteiger partial charge is 0.337 e. The highest BCUT2D eigenvalue weighted by Gasteiger charge is 2.22. The SMILES string of the molecule is Cc1ccc(C(=O)N2CCC[C@H](N)C2)cc1F. The summed E-state index contributed by atoms with van der Waals surface area (Å²) in [4.78, 5) is 13.8. The number of rotatable bonds is 1. The van der Waals surface area contributed by atoms with E-state index in [-0.39, 0.29) is 17.8 Å². The van der Waals surface area contributed by atoms with E-state index in [2.05, 4.69) is 0 Å². The van der Waals surface area contributed by atoms with Gasteiger partial charge in [-0.3, -0.25) is 4.79 Å². The number of aryl methyl sites for hydroxylation is 1. The minimum atomic E-state index is -0.336. The molecular formula is C13H17FN2O. The number of benzene rings is 1. The van der Waals surface area contributed by atoms with Gasteiger partial charge in [0.15, 0.2) is 0 Å². The predicted molar refractivity (Wildman–Crippen MR) is 64.2 cm³/mol. The first-order valence-corrected chi connectivity index (χ1v) is 5.89. The molecule has 0 unspecified atom stereocenters. The third kappa shape index (κ3) is 2.64. The normalized spacial score (nSPS) is 20.4. The fraction of sp³-hybridized carbons (Fsp3) is 0.462. The van der Waals surface area contributed by atoms with Gasteiger partial charge in [0.25, 0.3) is 5.91 Å². The van der Waals surface area contributed by atoms with Crippen molar-refractivity contribution in [2.45, 2.75) is 25.8 Å².